The van der Waals surface area contributed by atoms with Crippen molar-refractivity contribution in [3.05, 3.63) is 17.8 Å². The molecule has 0 bridgehead atoms. The minimum atomic E-state index is -0.458. The first-order chi connectivity index (χ1) is 8.29. The van der Waals surface area contributed by atoms with Gasteiger partial charge in [0.05, 0.1) is 23.9 Å². The number of hydrogen-bond donors (Lipinski definition) is 2. The van der Waals surface area contributed by atoms with Crippen LogP contribution in [-0.2, 0) is 4.74 Å². The Labute approximate surface area is 99.2 Å². The largest absolute Gasteiger partial charge is 0.394 e. The predicted molar refractivity (Wildman–Crippen MR) is 60.2 cm³/mol. The van der Waals surface area contributed by atoms with E-state index in [1.807, 2.05) is 6.07 Å². The van der Waals surface area contributed by atoms with E-state index in [1.165, 1.54) is 6.20 Å². The van der Waals surface area contributed by atoms with E-state index < -0.39 is 5.54 Å². The summed E-state index contributed by atoms with van der Waals surface area (Å²) < 4.78 is 5.27. The molecule has 6 nitrogen and oxygen atoms in total. The van der Waals surface area contributed by atoms with E-state index in [4.69, 9.17) is 10.00 Å². The molecule has 1 saturated heterocycles. The lowest BCUT2D eigenvalue weighted by Gasteiger charge is -2.36. The molecular weight excluding hydrogens is 220 g/mol. The Kier molecular flexibility index (Phi) is 3.52. The summed E-state index contributed by atoms with van der Waals surface area (Å²) in [5, 5.41) is 29.3. The van der Waals surface area contributed by atoms with E-state index >= 15 is 0 Å². The van der Waals surface area contributed by atoms with Gasteiger partial charge in [-0.2, -0.15) is 10.4 Å². The summed E-state index contributed by atoms with van der Waals surface area (Å²) in [4.78, 5) is 0. The van der Waals surface area contributed by atoms with Crippen molar-refractivity contribution in [2.75, 3.05) is 25.1 Å². The van der Waals surface area contributed by atoms with Gasteiger partial charge in [0, 0.05) is 13.2 Å². The van der Waals surface area contributed by atoms with Gasteiger partial charge in [-0.1, -0.05) is 0 Å². The summed E-state index contributed by atoms with van der Waals surface area (Å²) >= 11 is 0. The number of anilines is 1. The van der Waals surface area contributed by atoms with E-state index in [9.17, 15) is 5.11 Å². The number of nitrogens with zero attached hydrogens (tertiary/aromatic N) is 3. The van der Waals surface area contributed by atoms with Gasteiger partial charge in [0.2, 0.25) is 0 Å². The second kappa shape index (κ2) is 5.08. The van der Waals surface area contributed by atoms with Gasteiger partial charge in [-0.25, -0.2) is 0 Å². The molecule has 6 heteroatoms. The molecule has 0 radical (unpaired) electrons. The molecule has 0 aromatic carbocycles. The number of hydrogen-bond acceptors (Lipinski definition) is 6. The molecule has 0 amide bonds. The van der Waals surface area contributed by atoms with Crippen molar-refractivity contribution >= 4 is 5.82 Å². The Balaban J connectivity index is 2.21. The summed E-state index contributed by atoms with van der Waals surface area (Å²) in [6.45, 7) is 1.17. The molecule has 1 aliphatic heterocycles. The van der Waals surface area contributed by atoms with Gasteiger partial charge in [-0.3, -0.25) is 0 Å². The first-order valence-corrected chi connectivity index (χ1v) is 5.48. The second-order valence-corrected chi connectivity index (χ2v) is 4.08. The van der Waals surface area contributed by atoms with E-state index in [1.54, 1.807) is 6.07 Å². The highest BCUT2D eigenvalue weighted by atomic mass is 16.5. The fourth-order valence-corrected chi connectivity index (χ4v) is 1.85. The Morgan fingerprint density at radius 2 is 2.29 bits per heavy atom. The maximum Gasteiger partial charge on any atom is 0.167 e. The minimum Gasteiger partial charge on any atom is -0.394 e. The monoisotopic (exact) mass is 234 g/mol. The SMILES string of the molecule is N#Cc1ccnnc1NC1(CO)CCOCC1. The maximum absolute atomic E-state index is 9.52. The highest BCUT2D eigenvalue weighted by Crippen LogP contribution is 2.25. The van der Waals surface area contributed by atoms with E-state index in [0.717, 1.165) is 0 Å². The van der Waals surface area contributed by atoms with Crippen LogP contribution in [-0.4, -0.2) is 40.7 Å². The molecule has 2 N–H and O–H groups in total. The molecule has 2 heterocycles. The summed E-state index contributed by atoms with van der Waals surface area (Å²) in [5.74, 6) is 0.422. The third-order valence-corrected chi connectivity index (χ3v) is 2.98. The smallest absolute Gasteiger partial charge is 0.167 e. The van der Waals surface area contributed by atoms with Crippen LogP contribution in [0.5, 0.6) is 0 Å². The third-order valence-electron chi connectivity index (χ3n) is 2.98. The topological polar surface area (TPSA) is 91.1 Å². The summed E-state index contributed by atoms with van der Waals surface area (Å²) in [6.07, 6.45) is 2.84. The average Bonchev–Trinajstić information content (AvgIpc) is 2.40. The van der Waals surface area contributed by atoms with Crippen LogP contribution in [0.1, 0.15) is 18.4 Å². The van der Waals surface area contributed by atoms with Crippen LogP contribution in [0.15, 0.2) is 12.3 Å². The fourth-order valence-electron chi connectivity index (χ4n) is 1.85. The average molecular weight is 234 g/mol. The van der Waals surface area contributed by atoms with Crippen molar-refractivity contribution in [2.24, 2.45) is 0 Å². The first kappa shape index (κ1) is 11.8. The molecule has 1 aromatic rings. The number of rotatable bonds is 3. The molecule has 1 aromatic heterocycles. The van der Waals surface area contributed by atoms with Gasteiger partial charge in [0.25, 0.3) is 0 Å². The van der Waals surface area contributed by atoms with Crippen LogP contribution in [0.3, 0.4) is 0 Å². The zero-order chi connectivity index (χ0) is 12.1. The van der Waals surface area contributed by atoms with Crippen LogP contribution in [0.4, 0.5) is 5.82 Å². The van der Waals surface area contributed by atoms with E-state index in [0.29, 0.717) is 37.4 Å². The summed E-state index contributed by atoms with van der Waals surface area (Å²) in [7, 11) is 0. The van der Waals surface area contributed by atoms with Crippen molar-refractivity contribution in [2.45, 2.75) is 18.4 Å². The van der Waals surface area contributed by atoms with Crippen molar-refractivity contribution in [3.63, 3.8) is 0 Å². The van der Waals surface area contributed by atoms with Crippen LogP contribution in [0, 0.1) is 11.3 Å². The van der Waals surface area contributed by atoms with Crippen LogP contribution in [0.2, 0.25) is 0 Å². The highest BCUT2D eigenvalue weighted by molar-refractivity contribution is 5.51. The molecule has 1 aliphatic rings. The summed E-state index contributed by atoms with van der Waals surface area (Å²) in [6, 6.07) is 3.65. The Morgan fingerprint density at radius 3 is 2.94 bits per heavy atom. The first-order valence-electron chi connectivity index (χ1n) is 5.48. The molecule has 0 unspecified atom stereocenters. The lowest BCUT2D eigenvalue weighted by Crippen LogP contribution is -2.47. The predicted octanol–water partition coefficient (Wildman–Crippen LogP) is 0.302. The molecule has 0 saturated carbocycles. The lowest BCUT2D eigenvalue weighted by atomic mass is 9.91. The Bertz CT molecular complexity index is 424. The molecular formula is C11H14N4O2. The Hall–Kier alpha value is -1.71. The molecule has 17 heavy (non-hydrogen) atoms. The second-order valence-electron chi connectivity index (χ2n) is 4.08. The number of ether oxygens (including phenoxy) is 1. The highest BCUT2D eigenvalue weighted by Gasteiger charge is 2.32. The molecule has 0 atom stereocenters. The minimum absolute atomic E-state index is 0.0161. The number of nitriles is 1. The lowest BCUT2D eigenvalue weighted by molar-refractivity contribution is 0.0378. The molecule has 0 aliphatic carbocycles. The van der Waals surface area contributed by atoms with E-state index in [-0.39, 0.29) is 6.61 Å². The van der Waals surface area contributed by atoms with Crippen molar-refractivity contribution in [3.8, 4) is 6.07 Å². The zero-order valence-electron chi connectivity index (χ0n) is 9.39. The zero-order valence-corrected chi connectivity index (χ0v) is 9.39. The van der Waals surface area contributed by atoms with Crippen LogP contribution < -0.4 is 5.32 Å². The number of aromatic nitrogens is 2. The standard InChI is InChI=1S/C11H14N4O2/c12-7-9-1-4-13-15-10(9)14-11(8-16)2-5-17-6-3-11/h1,4,16H,2-3,5-6,8H2,(H,14,15). The van der Waals surface area contributed by atoms with Crippen molar-refractivity contribution in [1.82, 2.24) is 10.2 Å². The van der Waals surface area contributed by atoms with Gasteiger partial charge >= 0.3 is 0 Å². The van der Waals surface area contributed by atoms with Crippen LogP contribution >= 0.6 is 0 Å². The van der Waals surface area contributed by atoms with Gasteiger partial charge in [0.15, 0.2) is 5.82 Å². The third kappa shape index (κ3) is 2.52. The fraction of sp³-hybridized carbons (Fsp3) is 0.545. The van der Waals surface area contributed by atoms with Crippen molar-refractivity contribution in [1.29, 1.82) is 5.26 Å². The summed E-state index contributed by atoms with van der Waals surface area (Å²) in [5.41, 5.74) is -0.0285. The molecule has 0 spiro atoms. The number of aliphatic hydroxyl groups is 1. The molecule has 1 fully saturated rings. The van der Waals surface area contributed by atoms with Gasteiger partial charge < -0.3 is 15.2 Å². The molecule has 2 rings (SSSR count). The van der Waals surface area contributed by atoms with Crippen LogP contribution in [0.25, 0.3) is 0 Å². The molecule has 90 valence electrons. The van der Waals surface area contributed by atoms with Gasteiger partial charge in [-0.05, 0) is 18.9 Å². The number of nitrogens with one attached hydrogen (secondary N) is 1. The quantitative estimate of drug-likeness (QED) is 0.781. The number of aliphatic hydroxyl groups excluding tert-OH is 1. The Morgan fingerprint density at radius 1 is 1.53 bits per heavy atom. The maximum atomic E-state index is 9.52. The van der Waals surface area contributed by atoms with E-state index in [2.05, 4.69) is 15.5 Å². The normalized spacial score (nSPS) is 18.4. The van der Waals surface area contributed by atoms with Crippen molar-refractivity contribution < 1.29 is 9.84 Å². The van der Waals surface area contributed by atoms with Gasteiger partial charge in [-0.15, -0.1) is 5.10 Å². The van der Waals surface area contributed by atoms with Gasteiger partial charge in [0.1, 0.15) is 6.07 Å².